The summed E-state index contributed by atoms with van der Waals surface area (Å²) >= 11 is 0. The molecule has 0 spiro atoms. The van der Waals surface area contributed by atoms with Crippen molar-refractivity contribution in [3.8, 4) is 0 Å². The van der Waals surface area contributed by atoms with E-state index in [9.17, 15) is 9.59 Å². The third kappa shape index (κ3) is 2.79. The van der Waals surface area contributed by atoms with Crippen molar-refractivity contribution in [3.05, 3.63) is 52.5 Å². The van der Waals surface area contributed by atoms with Crippen LogP contribution in [0.25, 0.3) is 0 Å². The van der Waals surface area contributed by atoms with Crippen molar-refractivity contribution in [2.45, 2.75) is 26.4 Å². The lowest BCUT2D eigenvalue weighted by atomic mass is 10.2. The SMILES string of the molecule is COC(=O)c1ccc(Cn2ccn(C(C)C)c2=O)nc1. The van der Waals surface area contributed by atoms with Crippen molar-refractivity contribution in [3.63, 3.8) is 0 Å². The van der Waals surface area contributed by atoms with E-state index < -0.39 is 5.97 Å². The monoisotopic (exact) mass is 275 g/mol. The normalized spacial score (nSPS) is 10.8. The van der Waals surface area contributed by atoms with Crippen LogP contribution >= 0.6 is 0 Å². The number of imidazole rings is 1. The van der Waals surface area contributed by atoms with E-state index in [0.29, 0.717) is 17.8 Å². The van der Waals surface area contributed by atoms with E-state index in [4.69, 9.17) is 0 Å². The fraction of sp³-hybridized carbons (Fsp3) is 0.357. The number of pyridine rings is 1. The van der Waals surface area contributed by atoms with Gasteiger partial charge in [0.15, 0.2) is 0 Å². The fourth-order valence-electron chi connectivity index (χ4n) is 1.87. The zero-order valence-corrected chi connectivity index (χ0v) is 11.7. The fourth-order valence-corrected chi connectivity index (χ4v) is 1.87. The smallest absolute Gasteiger partial charge is 0.339 e. The summed E-state index contributed by atoms with van der Waals surface area (Å²) in [5.74, 6) is -0.424. The first-order chi connectivity index (χ1) is 9.52. The average molecular weight is 275 g/mol. The minimum atomic E-state index is -0.424. The summed E-state index contributed by atoms with van der Waals surface area (Å²) in [6, 6.07) is 3.47. The van der Waals surface area contributed by atoms with Crippen LogP contribution in [0, 0.1) is 0 Å². The molecule has 0 atom stereocenters. The summed E-state index contributed by atoms with van der Waals surface area (Å²) in [6.07, 6.45) is 4.94. The Morgan fingerprint density at radius 2 is 2.10 bits per heavy atom. The molecule has 0 saturated carbocycles. The molecule has 0 amide bonds. The first-order valence-corrected chi connectivity index (χ1v) is 6.33. The Kier molecular flexibility index (Phi) is 4.02. The van der Waals surface area contributed by atoms with Gasteiger partial charge < -0.3 is 4.74 Å². The lowest BCUT2D eigenvalue weighted by Gasteiger charge is -2.05. The van der Waals surface area contributed by atoms with E-state index in [-0.39, 0.29) is 11.7 Å². The number of nitrogens with zero attached hydrogens (tertiary/aromatic N) is 3. The topological polar surface area (TPSA) is 66.1 Å². The number of esters is 1. The van der Waals surface area contributed by atoms with Crippen LogP contribution in [0.5, 0.6) is 0 Å². The number of rotatable bonds is 4. The van der Waals surface area contributed by atoms with Crippen LogP contribution in [0.1, 0.15) is 35.9 Å². The van der Waals surface area contributed by atoms with Gasteiger partial charge >= 0.3 is 11.7 Å². The molecule has 0 saturated heterocycles. The molecule has 2 aromatic rings. The molecule has 0 aliphatic rings. The van der Waals surface area contributed by atoms with Crippen LogP contribution in [-0.4, -0.2) is 27.2 Å². The van der Waals surface area contributed by atoms with Crippen molar-refractivity contribution in [2.75, 3.05) is 7.11 Å². The van der Waals surface area contributed by atoms with Crippen molar-refractivity contribution in [1.82, 2.24) is 14.1 Å². The van der Waals surface area contributed by atoms with Gasteiger partial charge in [-0.25, -0.2) is 9.59 Å². The molecule has 6 heteroatoms. The van der Waals surface area contributed by atoms with Crippen LogP contribution in [0.2, 0.25) is 0 Å². The Morgan fingerprint density at radius 3 is 2.60 bits per heavy atom. The molecule has 106 valence electrons. The van der Waals surface area contributed by atoms with Gasteiger partial charge in [0.25, 0.3) is 0 Å². The number of carbonyl (C=O) groups is 1. The average Bonchev–Trinajstić information content (AvgIpc) is 2.80. The van der Waals surface area contributed by atoms with E-state index in [1.54, 1.807) is 33.7 Å². The zero-order chi connectivity index (χ0) is 14.7. The molecule has 2 heterocycles. The lowest BCUT2D eigenvalue weighted by molar-refractivity contribution is 0.0600. The molecule has 0 aliphatic heterocycles. The van der Waals surface area contributed by atoms with Gasteiger partial charge in [-0.05, 0) is 26.0 Å². The predicted molar refractivity (Wildman–Crippen MR) is 73.8 cm³/mol. The quantitative estimate of drug-likeness (QED) is 0.792. The van der Waals surface area contributed by atoms with Gasteiger partial charge in [-0.1, -0.05) is 0 Å². The van der Waals surface area contributed by atoms with E-state index in [2.05, 4.69) is 9.72 Å². The van der Waals surface area contributed by atoms with Crippen LogP contribution in [0.4, 0.5) is 0 Å². The predicted octanol–water partition coefficient (Wildman–Crippen LogP) is 1.46. The molecule has 2 rings (SSSR count). The molecule has 0 aromatic carbocycles. The highest BCUT2D eigenvalue weighted by Gasteiger charge is 2.09. The van der Waals surface area contributed by atoms with Crippen LogP contribution in [0.3, 0.4) is 0 Å². The van der Waals surface area contributed by atoms with Gasteiger partial charge in [0.05, 0.1) is 24.9 Å². The summed E-state index contributed by atoms with van der Waals surface area (Å²) in [4.78, 5) is 27.5. The van der Waals surface area contributed by atoms with Crippen molar-refractivity contribution in [1.29, 1.82) is 0 Å². The van der Waals surface area contributed by atoms with Crippen molar-refractivity contribution < 1.29 is 9.53 Å². The maximum absolute atomic E-state index is 12.1. The van der Waals surface area contributed by atoms with Gasteiger partial charge in [-0.15, -0.1) is 0 Å². The van der Waals surface area contributed by atoms with Gasteiger partial charge in [-0.3, -0.25) is 14.1 Å². The second-order valence-corrected chi connectivity index (χ2v) is 4.74. The molecule has 2 aromatic heterocycles. The number of ether oxygens (including phenoxy) is 1. The van der Waals surface area contributed by atoms with Crippen LogP contribution in [-0.2, 0) is 11.3 Å². The van der Waals surface area contributed by atoms with E-state index in [1.807, 2.05) is 13.8 Å². The summed E-state index contributed by atoms with van der Waals surface area (Å²) < 4.78 is 7.84. The summed E-state index contributed by atoms with van der Waals surface area (Å²) in [5.41, 5.74) is 1.03. The number of hydrogen-bond acceptors (Lipinski definition) is 4. The molecular weight excluding hydrogens is 258 g/mol. The van der Waals surface area contributed by atoms with E-state index in [0.717, 1.165) is 0 Å². The molecule has 20 heavy (non-hydrogen) atoms. The molecule has 0 aliphatic carbocycles. The molecule has 0 N–H and O–H groups in total. The zero-order valence-electron chi connectivity index (χ0n) is 11.7. The second-order valence-electron chi connectivity index (χ2n) is 4.74. The Balaban J connectivity index is 2.18. The molecule has 0 radical (unpaired) electrons. The van der Waals surface area contributed by atoms with Gasteiger partial charge in [-0.2, -0.15) is 0 Å². The van der Waals surface area contributed by atoms with Crippen LogP contribution in [0.15, 0.2) is 35.5 Å². The summed E-state index contributed by atoms with van der Waals surface area (Å²) in [6.45, 7) is 4.28. The second kappa shape index (κ2) is 5.73. The molecular formula is C14H17N3O3. The van der Waals surface area contributed by atoms with Crippen molar-refractivity contribution >= 4 is 5.97 Å². The standard InChI is InChI=1S/C14H17N3O3/c1-10(2)17-7-6-16(14(17)19)9-12-5-4-11(8-15-12)13(18)20-3/h4-8,10H,9H2,1-3H3. The molecule has 0 fully saturated rings. The first-order valence-electron chi connectivity index (χ1n) is 6.33. The summed E-state index contributed by atoms with van der Waals surface area (Å²) in [5, 5.41) is 0. The van der Waals surface area contributed by atoms with Gasteiger partial charge in [0.2, 0.25) is 0 Å². The third-order valence-corrected chi connectivity index (χ3v) is 3.01. The van der Waals surface area contributed by atoms with E-state index in [1.165, 1.54) is 13.3 Å². The van der Waals surface area contributed by atoms with Gasteiger partial charge in [0, 0.05) is 24.6 Å². The molecule has 6 nitrogen and oxygen atoms in total. The number of carbonyl (C=O) groups excluding carboxylic acids is 1. The van der Waals surface area contributed by atoms with Crippen LogP contribution < -0.4 is 5.69 Å². The Morgan fingerprint density at radius 1 is 1.35 bits per heavy atom. The van der Waals surface area contributed by atoms with Crippen molar-refractivity contribution in [2.24, 2.45) is 0 Å². The maximum atomic E-state index is 12.1. The lowest BCUT2D eigenvalue weighted by Crippen LogP contribution is -2.25. The molecule has 0 bridgehead atoms. The Hall–Kier alpha value is -2.37. The highest BCUT2D eigenvalue weighted by Crippen LogP contribution is 2.04. The summed E-state index contributed by atoms with van der Waals surface area (Å²) in [7, 11) is 1.32. The largest absolute Gasteiger partial charge is 0.465 e. The minimum Gasteiger partial charge on any atom is -0.465 e. The highest BCUT2D eigenvalue weighted by atomic mass is 16.5. The maximum Gasteiger partial charge on any atom is 0.339 e. The Bertz CT molecular complexity index is 653. The minimum absolute atomic E-state index is 0.0705. The number of hydrogen-bond donors (Lipinski definition) is 0. The highest BCUT2D eigenvalue weighted by molar-refractivity contribution is 5.88. The Labute approximate surface area is 116 Å². The number of aromatic nitrogens is 3. The number of methoxy groups -OCH3 is 1. The first kappa shape index (κ1) is 14.0. The van der Waals surface area contributed by atoms with Gasteiger partial charge in [0.1, 0.15) is 0 Å². The third-order valence-electron chi connectivity index (χ3n) is 3.01. The van der Waals surface area contributed by atoms with E-state index >= 15 is 0 Å². The molecule has 0 unspecified atom stereocenters.